The molecule has 1 unspecified atom stereocenters. The average molecular weight is 231 g/mol. The van der Waals surface area contributed by atoms with E-state index in [1.54, 1.807) is 0 Å². The zero-order valence-corrected chi connectivity index (χ0v) is 9.78. The van der Waals surface area contributed by atoms with Gasteiger partial charge in [0, 0.05) is 12.6 Å². The fourth-order valence-electron chi connectivity index (χ4n) is 1.24. The lowest BCUT2D eigenvalue weighted by Gasteiger charge is -2.18. The van der Waals surface area contributed by atoms with Gasteiger partial charge in [-0.3, -0.25) is 0 Å². The highest BCUT2D eigenvalue weighted by Crippen LogP contribution is 2.07. The molecule has 84 valence electrons. The SMILES string of the molecule is CC(CN(C)C)Nc1nc(N)nc(Cl)n1. The molecule has 0 saturated heterocycles. The molecule has 0 radical (unpaired) electrons. The molecule has 0 aromatic carbocycles. The summed E-state index contributed by atoms with van der Waals surface area (Å²) in [7, 11) is 3.99. The summed E-state index contributed by atoms with van der Waals surface area (Å²) >= 11 is 5.65. The van der Waals surface area contributed by atoms with E-state index in [1.165, 1.54) is 0 Å². The highest BCUT2D eigenvalue weighted by atomic mass is 35.5. The van der Waals surface area contributed by atoms with Crippen LogP contribution in [0.25, 0.3) is 0 Å². The van der Waals surface area contributed by atoms with Crippen molar-refractivity contribution < 1.29 is 0 Å². The van der Waals surface area contributed by atoms with Gasteiger partial charge in [-0.2, -0.15) is 15.0 Å². The van der Waals surface area contributed by atoms with Crippen LogP contribution in [0, 0.1) is 0 Å². The van der Waals surface area contributed by atoms with Crippen molar-refractivity contribution in [2.75, 3.05) is 31.7 Å². The molecule has 0 fully saturated rings. The van der Waals surface area contributed by atoms with Crippen molar-refractivity contribution in [2.45, 2.75) is 13.0 Å². The summed E-state index contributed by atoms with van der Waals surface area (Å²) in [5.41, 5.74) is 5.44. The zero-order chi connectivity index (χ0) is 11.4. The maximum absolute atomic E-state index is 5.65. The average Bonchev–Trinajstić information content (AvgIpc) is 1.98. The Bertz CT molecular complexity index is 309. The summed E-state index contributed by atoms with van der Waals surface area (Å²) in [6.45, 7) is 2.89. The first-order valence-corrected chi connectivity index (χ1v) is 4.93. The third-order valence-electron chi connectivity index (χ3n) is 1.64. The quantitative estimate of drug-likeness (QED) is 0.783. The van der Waals surface area contributed by atoms with E-state index in [-0.39, 0.29) is 17.3 Å². The molecule has 1 rings (SSSR count). The van der Waals surface area contributed by atoms with E-state index in [0.29, 0.717) is 5.95 Å². The molecule has 0 saturated carbocycles. The van der Waals surface area contributed by atoms with Crippen LogP contribution in [-0.4, -0.2) is 46.5 Å². The second kappa shape index (κ2) is 5.09. The summed E-state index contributed by atoms with van der Waals surface area (Å²) in [6, 6.07) is 0.206. The standard InChI is InChI=1S/C8H15ClN6/c1-5(4-15(2)3)11-8-13-6(9)12-7(10)14-8/h5H,4H2,1-3H3,(H3,10,11,12,13,14). The molecule has 7 heteroatoms. The van der Waals surface area contributed by atoms with Crippen molar-refractivity contribution >= 4 is 23.5 Å². The van der Waals surface area contributed by atoms with Crippen LogP contribution in [0.5, 0.6) is 0 Å². The van der Waals surface area contributed by atoms with Gasteiger partial charge in [-0.05, 0) is 32.6 Å². The Morgan fingerprint density at radius 3 is 2.60 bits per heavy atom. The predicted molar refractivity (Wildman–Crippen MR) is 60.9 cm³/mol. The Balaban J connectivity index is 2.63. The molecule has 3 N–H and O–H groups in total. The van der Waals surface area contributed by atoms with Gasteiger partial charge in [0.15, 0.2) is 0 Å². The molecular weight excluding hydrogens is 216 g/mol. The van der Waals surface area contributed by atoms with Crippen LogP contribution >= 0.6 is 11.6 Å². The van der Waals surface area contributed by atoms with Gasteiger partial charge in [-0.1, -0.05) is 0 Å². The highest BCUT2D eigenvalue weighted by molar-refractivity contribution is 6.28. The Hall–Kier alpha value is -1.14. The molecule has 15 heavy (non-hydrogen) atoms. The molecule has 1 aromatic rings. The summed E-state index contributed by atoms with van der Waals surface area (Å²) in [4.78, 5) is 13.6. The number of nitrogens with two attached hydrogens (primary N) is 1. The zero-order valence-electron chi connectivity index (χ0n) is 9.03. The predicted octanol–water partition coefficient (Wildman–Crippen LogP) is 0.469. The topological polar surface area (TPSA) is 80.0 Å². The molecule has 1 atom stereocenters. The van der Waals surface area contributed by atoms with E-state index in [9.17, 15) is 0 Å². The third kappa shape index (κ3) is 4.26. The first-order chi connectivity index (χ1) is 6.97. The Kier molecular flexibility index (Phi) is 4.05. The molecule has 0 aliphatic carbocycles. The van der Waals surface area contributed by atoms with Gasteiger partial charge in [-0.25, -0.2) is 0 Å². The second-order valence-corrected chi connectivity index (χ2v) is 3.93. The number of nitrogens with zero attached hydrogens (tertiary/aromatic N) is 4. The van der Waals surface area contributed by atoms with Crippen molar-refractivity contribution in [1.29, 1.82) is 0 Å². The van der Waals surface area contributed by atoms with Crippen LogP contribution in [-0.2, 0) is 0 Å². The minimum absolute atomic E-state index is 0.0991. The molecule has 1 heterocycles. The smallest absolute Gasteiger partial charge is 0.229 e. The number of nitrogen functional groups attached to an aromatic ring is 1. The highest BCUT2D eigenvalue weighted by Gasteiger charge is 2.07. The molecule has 0 aliphatic rings. The van der Waals surface area contributed by atoms with Crippen LogP contribution in [0.4, 0.5) is 11.9 Å². The summed E-state index contributed by atoms with van der Waals surface area (Å²) in [6.07, 6.45) is 0. The largest absolute Gasteiger partial charge is 0.368 e. The van der Waals surface area contributed by atoms with Gasteiger partial charge in [0.2, 0.25) is 17.2 Å². The summed E-state index contributed by atoms with van der Waals surface area (Å²) < 4.78 is 0. The number of aromatic nitrogens is 3. The Morgan fingerprint density at radius 1 is 1.40 bits per heavy atom. The third-order valence-corrected chi connectivity index (χ3v) is 1.81. The summed E-state index contributed by atoms with van der Waals surface area (Å²) in [5, 5.41) is 3.19. The number of hydrogen-bond donors (Lipinski definition) is 2. The molecule has 0 amide bonds. The molecule has 6 nitrogen and oxygen atoms in total. The van der Waals surface area contributed by atoms with Gasteiger partial charge in [0.25, 0.3) is 0 Å². The van der Waals surface area contributed by atoms with Crippen molar-refractivity contribution in [1.82, 2.24) is 19.9 Å². The normalized spacial score (nSPS) is 12.9. The van der Waals surface area contributed by atoms with E-state index in [4.69, 9.17) is 17.3 Å². The van der Waals surface area contributed by atoms with Crippen LogP contribution in [0.2, 0.25) is 5.28 Å². The molecular formula is C8H15ClN6. The molecule has 1 aromatic heterocycles. The monoisotopic (exact) mass is 230 g/mol. The first kappa shape index (κ1) is 11.9. The number of anilines is 2. The lowest BCUT2D eigenvalue weighted by atomic mass is 10.3. The Morgan fingerprint density at radius 2 is 2.07 bits per heavy atom. The fourth-order valence-corrected chi connectivity index (χ4v) is 1.41. The minimum Gasteiger partial charge on any atom is -0.368 e. The van der Waals surface area contributed by atoms with Gasteiger partial charge < -0.3 is 16.0 Å². The molecule has 0 aliphatic heterocycles. The van der Waals surface area contributed by atoms with E-state index in [2.05, 4.69) is 25.2 Å². The summed E-state index contributed by atoms with van der Waals surface area (Å²) in [5.74, 6) is 0.524. The van der Waals surface area contributed by atoms with E-state index in [1.807, 2.05) is 21.0 Å². The maximum atomic E-state index is 5.65. The van der Waals surface area contributed by atoms with Gasteiger partial charge in [-0.15, -0.1) is 0 Å². The van der Waals surface area contributed by atoms with Crippen LogP contribution in [0.1, 0.15) is 6.92 Å². The number of likely N-dealkylation sites (N-methyl/N-ethyl adjacent to an activating group) is 1. The van der Waals surface area contributed by atoms with Gasteiger partial charge >= 0.3 is 0 Å². The lowest BCUT2D eigenvalue weighted by molar-refractivity contribution is 0.391. The van der Waals surface area contributed by atoms with Crippen molar-refractivity contribution in [3.8, 4) is 0 Å². The first-order valence-electron chi connectivity index (χ1n) is 4.55. The number of rotatable bonds is 4. The molecule has 0 spiro atoms. The van der Waals surface area contributed by atoms with Crippen LogP contribution in [0.3, 0.4) is 0 Å². The minimum atomic E-state index is 0.0991. The van der Waals surface area contributed by atoms with Crippen LogP contribution in [0.15, 0.2) is 0 Å². The van der Waals surface area contributed by atoms with E-state index in [0.717, 1.165) is 6.54 Å². The van der Waals surface area contributed by atoms with Crippen molar-refractivity contribution in [3.63, 3.8) is 0 Å². The van der Waals surface area contributed by atoms with E-state index >= 15 is 0 Å². The molecule has 0 bridgehead atoms. The van der Waals surface area contributed by atoms with E-state index < -0.39 is 0 Å². The van der Waals surface area contributed by atoms with Crippen molar-refractivity contribution in [3.05, 3.63) is 5.28 Å². The van der Waals surface area contributed by atoms with Crippen LogP contribution < -0.4 is 11.1 Å². The van der Waals surface area contributed by atoms with Gasteiger partial charge in [0.05, 0.1) is 0 Å². The number of halogens is 1. The number of hydrogen-bond acceptors (Lipinski definition) is 6. The van der Waals surface area contributed by atoms with Crippen molar-refractivity contribution in [2.24, 2.45) is 0 Å². The second-order valence-electron chi connectivity index (χ2n) is 3.59. The maximum Gasteiger partial charge on any atom is 0.229 e. The lowest BCUT2D eigenvalue weighted by Crippen LogP contribution is -2.30. The Labute approximate surface area is 93.9 Å². The number of nitrogens with one attached hydrogen (secondary N) is 1. The fraction of sp³-hybridized carbons (Fsp3) is 0.625. The van der Waals surface area contributed by atoms with Gasteiger partial charge in [0.1, 0.15) is 0 Å².